The molecule has 2 aromatic carbocycles. The van der Waals surface area contributed by atoms with Gasteiger partial charge in [-0.1, -0.05) is 12.1 Å². The lowest BCUT2D eigenvalue weighted by Gasteiger charge is -2.34. The van der Waals surface area contributed by atoms with Crippen LogP contribution < -0.4 is 4.74 Å². The normalized spacial score (nSPS) is 13.6. The van der Waals surface area contributed by atoms with Crippen LogP contribution >= 0.6 is 0 Å². The third kappa shape index (κ3) is 4.76. The summed E-state index contributed by atoms with van der Waals surface area (Å²) in [6.45, 7) is 7.90. The van der Waals surface area contributed by atoms with E-state index in [9.17, 15) is 9.59 Å². The maximum Gasteiger partial charge on any atom is 0.409 e. The van der Waals surface area contributed by atoms with Crippen LogP contribution in [0.15, 0.2) is 48.5 Å². The number of aryl methyl sites for hydroxylation is 2. The van der Waals surface area contributed by atoms with E-state index in [4.69, 9.17) is 14.6 Å². The lowest BCUT2D eigenvalue weighted by Crippen LogP contribution is -2.51. The minimum Gasteiger partial charge on any atom is -0.497 e. The lowest BCUT2D eigenvalue weighted by atomic mass is 10.1. The largest absolute Gasteiger partial charge is 0.497 e. The first-order chi connectivity index (χ1) is 16.4. The van der Waals surface area contributed by atoms with Gasteiger partial charge < -0.3 is 19.3 Å². The molecule has 0 saturated carbocycles. The van der Waals surface area contributed by atoms with Crippen molar-refractivity contribution in [2.75, 3.05) is 39.9 Å². The zero-order valence-corrected chi connectivity index (χ0v) is 20.1. The van der Waals surface area contributed by atoms with Crippen LogP contribution in [-0.2, 0) is 4.74 Å². The summed E-state index contributed by atoms with van der Waals surface area (Å²) in [4.78, 5) is 29.1. The van der Waals surface area contributed by atoms with E-state index in [2.05, 4.69) is 0 Å². The summed E-state index contributed by atoms with van der Waals surface area (Å²) in [6.07, 6.45) is -0.336. The molecule has 0 atom stereocenters. The molecule has 0 spiro atoms. The first-order valence-electron chi connectivity index (χ1n) is 11.4. The molecule has 1 aliphatic heterocycles. The van der Waals surface area contributed by atoms with Crippen molar-refractivity contribution in [2.45, 2.75) is 20.8 Å². The Bertz CT molecular complexity index is 1180. The predicted octanol–water partition coefficient (Wildman–Crippen LogP) is 4.08. The van der Waals surface area contributed by atoms with Gasteiger partial charge in [0.05, 0.1) is 25.1 Å². The number of hydrogen-bond acceptors (Lipinski definition) is 5. The average Bonchev–Trinajstić information content (AvgIpc) is 3.30. The van der Waals surface area contributed by atoms with Crippen LogP contribution in [-0.4, -0.2) is 71.5 Å². The van der Waals surface area contributed by atoms with E-state index >= 15 is 0 Å². The number of rotatable bonds is 5. The molecule has 0 radical (unpaired) electrons. The van der Waals surface area contributed by atoms with Gasteiger partial charge in [0.2, 0.25) is 0 Å². The summed E-state index contributed by atoms with van der Waals surface area (Å²) in [5.74, 6) is 0.644. The van der Waals surface area contributed by atoms with Crippen molar-refractivity contribution in [1.82, 2.24) is 19.6 Å². The smallest absolute Gasteiger partial charge is 0.409 e. The minimum atomic E-state index is -0.336. The third-order valence-corrected chi connectivity index (χ3v) is 6.00. The Balaban J connectivity index is 1.67. The molecule has 2 amide bonds. The molecule has 8 nitrogen and oxygen atoms in total. The Hall–Kier alpha value is -3.81. The van der Waals surface area contributed by atoms with E-state index in [-0.39, 0.29) is 12.0 Å². The number of piperazine rings is 1. The van der Waals surface area contributed by atoms with Crippen molar-refractivity contribution in [3.8, 4) is 22.7 Å². The first-order valence-corrected chi connectivity index (χ1v) is 11.4. The molecule has 34 heavy (non-hydrogen) atoms. The fraction of sp³-hybridized carbons (Fsp3) is 0.346. The summed E-state index contributed by atoms with van der Waals surface area (Å²) >= 11 is 0. The Morgan fingerprint density at radius 3 is 2.26 bits per heavy atom. The van der Waals surface area contributed by atoms with Crippen molar-refractivity contribution in [3.05, 3.63) is 65.4 Å². The van der Waals surface area contributed by atoms with E-state index < -0.39 is 0 Å². The second-order valence-electron chi connectivity index (χ2n) is 8.32. The van der Waals surface area contributed by atoms with Crippen molar-refractivity contribution < 1.29 is 19.1 Å². The van der Waals surface area contributed by atoms with E-state index in [0.29, 0.717) is 44.2 Å². The quantitative estimate of drug-likeness (QED) is 0.571. The summed E-state index contributed by atoms with van der Waals surface area (Å²) in [7, 11) is 1.63. The molecule has 0 bridgehead atoms. The molecule has 1 saturated heterocycles. The molecule has 1 aromatic heterocycles. The second kappa shape index (κ2) is 9.99. The van der Waals surface area contributed by atoms with Crippen molar-refractivity contribution in [1.29, 1.82) is 0 Å². The predicted molar refractivity (Wildman–Crippen MR) is 130 cm³/mol. The Morgan fingerprint density at radius 1 is 0.941 bits per heavy atom. The van der Waals surface area contributed by atoms with Crippen molar-refractivity contribution in [2.24, 2.45) is 0 Å². The maximum absolute atomic E-state index is 13.6. The Labute approximate surface area is 199 Å². The zero-order valence-electron chi connectivity index (χ0n) is 20.1. The van der Waals surface area contributed by atoms with Gasteiger partial charge in [-0.15, -0.1) is 0 Å². The monoisotopic (exact) mass is 462 g/mol. The number of ether oxygens (including phenoxy) is 2. The van der Waals surface area contributed by atoms with E-state index in [0.717, 1.165) is 28.1 Å². The van der Waals surface area contributed by atoms with Gasteiger partial charge in [0, 0.05) is 31.7 Å². The topological polar surface area (TPSA) is 76.9 Å². The molecule has 4 rings (SSSR count). The fourth-order valence-electron chi connectivity index (χ4n) is 4.04. The third-order valence-electron chi connectivity index (χ3n) is 6.00. The van der Waals surface area contributed by atoms with Crippen LogP contribution in [0.4, 0.5) is 4.79 Å². The van der Waals surface area contributed by atoms with Gasteiger partial charge in [-0.3, -0.25) is 4.79 Å². The molecule has 0 N–H and O–H groups in total. The second-order valence-corrected chi connectivity index (χ2v) is 8.32. The van der Waals surface area contributed by atoms with Crippen LogP contribution in [0.2, 0.25) is 0 Å². The molecule has 0 unspecified atom stereocenters. The maximum atomic E-state index is 13.6. The highest BCUT2D eigenvalue weighted by Gasteiger charge is 2.28. The number of amides is 2. The van der Waals surface area contributed by atoms with Crippen LogP contribution in [0.5, 0.6) is 5.75 Å². The Kier molecular flexibility index (Phi) is 6.86. The van der Waals surface area contributed by atoms with Crippen molar-refractivity contribution >= 4 is 12.0 Å². The zero-order chi connectivity index (χ0) is 24.2. The summed E-state index contributed by atoms with van der Waals surface area (Å²) in [6, 6.07) is 15.6. The summed E-state index contributed by atoms with van der Waals surface area (Å²) in [5, 5.41) is 4.84. The molecule has 0 aliphatic carbocycles. The molecule has 1 aliphatic rings. The molecular weight excluding hydrogens is 432 g/mol. The van der Waals surface area contributed by atoms with Gasteiger partial charge in [-0.05, 0) is 68.3 Å². The van der Waals surface area contributed by atoms with Crippen LogP contribution in [0.25, 0.3) is 16.9 Å². The van der Waals surface area contributed by atoms with E-state index in [1.807, 2.05) is 62.4 Å². The number of benzene rings is 2. The molecule has 8 heteroatoms. The number of aromatic nitrogens is 2. The van der Waals surface area contributed by atoms with E-state index in [1.165, 1.54) is 0 Å². The first kappa shape index (κ1) is 23.4. The number of nitrogens with zero attached hydrogens (tertiary/aromatic N) is 4. The lowest BCUT2D eigenvalue weighted by molar-refractivity contribution is 0.0563. The van der Waals surface area contributed by atoms with Crippen LogP contribution in [0, 0.1) is 13.8 Å². The average molecular weight is 463 g/mol. The number of methoxy groups -OCH3 is 1. The number of hydrogen-bond donors (Lipinski definition) is 0. The Morgan fingerprint density at radius 2 is 1.62 bits per heavy atom. The highest BCUT2D eigenvalue weighted by Crippen LogP contribution is 2.26. The van der Waals surface area contributed by atoms with E-state index in [1.54, 1.807) is 28.5 Å². The van der Waals surface area contributed by atoms with Gasteiger partial charge in [0.1, 0.15) is 11.4 Å². The number of carbonyl (C=O) groups is 2. The molecular formula is C26H30N4O4. The highest BCUT2D eigenvalue weighted by atomic mass is 16.6. The molecule has 1 fully saturated rings. The van der Waals surface area contributed by atoms with Gasteiger partial charge in [0.15, 0.2) is 0 Å². The number of carbonyl (C=O) groups excluding carboxylic acids is 2. The van der Waals surface area contributed by atoms with Crippen LogP contribution in [0.1, 0.15) is 28.5 Å². The van der Waals surface area contributed by atoms with Gasteiger partial charge in [-0.25, -0.2) is 9.48 Å². The molecule has 2 heterocycles. The van der Waals surface area contributed by atoms with Gasteiger partial charge in [-0.2, -0.15) is 5.10 Å². The standard InChI is InChI=1S/C26H30N4O4/c1-5-34-26(32)29-14-12-28(13-15-29)25(31)24-17-22(20-8-10-21(33-4)11-9-20)27-30(24)23-16-18(2)6-7-19(23)3/h6-11,16-17H,5,12-15H2,1-4H3. The van der Waals surface area contributed by atoms with Crippen LogP contribution in [0.3, 0.4) is 0 Å². The minimum absolute atomic E-state index is 0.114. The molecule has 3 aromatic rings. The van der Waals surface area contributed by atoms with Gasteiger partial charge in [0.25, 0.3) is 5.91 Å². The SMILES string of the molecule is CCOC(=O)N1CCN(C(=O)c2cc(-c3ccc(OC)cc3)nn2-c2cc(C)ccc2C)CC1. The van der Waals surface area contributed by atoms with Crippen molar-refractivity contribution in [3.63, 3.8) is 0 Å². The summed E-state index contributed by atoms with van der Waals surface area (Å²) < 4.78 is 12.1. The fourth-order valence-corrected chi connectivity index (χ4v) is 4.04. The molecule has 178 valence electrons. The van der Waals surface area contributed by atoms with Gasteiger partial charge >= 0.3 is 6.09 Å². The highest BCUT2D eigenvalue weighted by molar-refractivity contribution is 5.94. The summed E-state index contributed by atoms with van der Waals surface area (Å²) in [5.41, 5.74) is 5.07.